The van der Waals surface area contributed by atoms with E-state index in [-0.39, 0.29) is 11.4 Å². The fraction of sp³-hybridized carbons (Fsp3) is 0.889. The minimum Gasteiger partial charge on any atom is -0.465 e. The number of rotatable bonds is 0. The van der Waals surface area contributed by atoms with Gasteiger partial charge in [-0.15, -0.1) is 0 Å². The van der Waals surface area contributed by atoms with Gasteiger partial charge in [0.25, 0.3) is 0 Å². The van der Waals surface area contributed by atoms with E-state index in [9.17, 15) is 4.79 Å². The average molecular weight is 156 g/mol. The summed E-state index contributed by atoms with van der Waals surface area (Å²) in [6, 6.07) is 0. The summed E-state index contributed by atoms with van der Waals surface area (Å²) >= 11 is 0. The quantitative estimate of drug-likeness (QED) is 0.501. The highest BCUT2D eigenvalue weighted by atomic mass is 16.5. The van der Waals surface area contributed by atoms with E-state index in [4.69, 9.17) is 4.74 Å². The third kappa shape index (κ3) is 2.21. The Morgan fingerprint density at radius 1 is 1.45 bits per heavy atom. The largest absolute Gasteiger partial charge is 0.465 e. The average Bonchev–Trinajstić information content (AvgIpc) is 1.86. The fourth-order valence-electron chi connectivity index (χ4n) is 1.32. The van der Waals surface area contributed by atoms with Crippen LogP contribution in [-0.2, 0) is 9.53 Å². The van der Waals surface area contributed by atoms with Crippen LogP contribution in [0.2, 0.25) is 0 Å². The molecule has 0 bridgehead atoms. The van der Waals surface area contributed by atoms with Crippen LogP contribution in [0.4, 0.5) is 0 Å². The Bertz CT molecular complexity index is 145. The normalized spacial score (nSPS) is 26.5. The molecule has 0 N–H and O–H groups in total. The summed E-state index contributed by atoms with van der Waals surface area (Å²) in [5.74, 6) is 0.505. The molecule has 0 aromatic rings. The van der Waals surface area contributed by atoms with Gasteiger partial charge < -0.3 is 4.74 Å². The van der Waals surface area contributed by atoms with E-state index < -0.39 is 0 Å². The lowest BCUT2D eigenvalue weighted by molar-refractivity contribution is -0.151. The molecule has 0 amide bonds. The Kier molecular flexibility index (Phi) is 2.21. The predicted molar refractivity (Wildman–Crippen MR) is 43.1 cm³/mol. The van der Waals surface area contributed by atoms with Crippen molar-refractivity contribution < 1.29 is 9.53 Å². The molecule has 0 aromatic heterocycles. The number of carbonyl (C=O) groups excluding carboxylic acids is 1. The second-order valence-electron chi connectivity index (χ2n) is 4.28. The summed E-state index contributed by atoms with van der Waals surface area (Å²) in [5.41, 5.74) is 0.278. The zero-order valence-electron chi connectivity index (χ0n) is 7.52. The van der Waals surface area contributed by atoms with Crippen molar-refractivity contribution in [2.24, 2.45) is 11.3 Å². The second kappa shape index (κ2) is 2.84. The van der Waals surface area contributed by atoms with Crippen molar-refractivity contribution >= 4 is 5.97 Å². The molecule has 1 heterocycles. The molecule has 1 rings (SSSR count). The Hall–Kier alpha value is -0.530. The van der Waals surface area contributed by atoms with Crippen LogP contribution < -0.4 is 0 Å². The molecular formula is C9H16O2. The number of ether oxygens (including phenoxy) is 1. The van der Waals surface area contributed by atoms with Gasteiger partial charge in [0.15, 0.2) is 0 Å². The maximum absolute atomic E-state index is 10.7. The van der Waals surface area contributed by atoms with Crippen LogP contribution >= 0.6 is 0 Å². The first kappa shape index (κ1) is 8.57. The number of esters is 1. The van der Waals surface area contributed by atoms with Crippen LogP contribution in [0.15, 0.2) is 0 Å². The van der Waals surface area contributed by atoms with E-state index in [0.29, 0.717) is 18.9 Å². The highest BCUT2D eigenvalue weighted by Gasteiger charge is 2.29. The summed E-state index contributed by atoms with van der Waals surface area (Å²) in [5, 5.41) is 0. The van der Waals surface area contributed by atoms with Crippen LogP contribution in [0.25, 0.3) is 0 Å². The van der Waals surface area contributed by atoms with E-state index in [0.717, 1.165) is 6.42 Å². The first-order valence-electron chi connectivity index (χ1n) is 4.16. The topological polar surface area (TPSA) is 26.3 Å². The first-order chi connectivity index (χ1) is 5.00. The molecular weight excluding hydrogens is 140 g/mol. The van der Waals surface area contributed by atoms with E-state index in [1.807, 2.05) is 0 Å². The van der Waals surface area contributed by atoms with E-state index in [1.54, 1.807) is 0 Å². The molecule has 0 saturated carbocycles. The standard InChI is InChI=1S/C9H16O2/c1-9(2,3)7-4-5-8(10)11-6-7/h7H,4-6H2,1-3H3. The van der Waals surface area contributed by atoms with Gasteiger partial charge in [0.1, 0.15) is 0 Å². The van der Waals surface area contributed by atoms with Crippen LogP contribution in [0, 0.1) is 11.3 Å². The zero-order chi connectivity index (χ0) is 8.48. The smallest absolute Gasteiger partial charge is 0.305 e. The lowest BCUT2D eigenvalue weighted by Gasteiger charge is -2.32. The zero-order valence-corrected chi connectivity index (χ0v) is 7.52. The van der Waals surface area contributed by atoms with Crippen molar-refractivity contribution in [1.29, 1.82) is 0 Å². The Balaban J connectivity index is 2.45. The SMILES string of the molecule is CC(C)(C)C1CCC(=O)OC1. The molecule has 64 valence electrons. The van der Waals surface area contributed by atoms with Crippen molar-refractivity contribution in [1.82, 2.24) is 0 Å². The molecule has 1 atom stereocenters. The van der Waals surface area contributed by atoms with Crippen molar-refractivity contribution in [3.63, 3.8) is 0 Å². The molecule has 0 aliphatic carbocycles. The van der Waals surface area contributed by atoms with Crippen LogP contribution in [0.5, 0.6) is 0 Å². The molecule has 1 aliphatic heterocycles. The molecule has 0 spiro atoms. The minimum absolute atomic E-state index is 0.0366. The molecule has 1 unspecified atom stereocenters. The molecule has 2 nitrogen and oxygen atoms in total. The lowest BCUT2D eigenvalue weighted by atomic mass is 9.78. The van der Waals surface area contributed by atoms with Crippen LogP contribution in [0.1, 0.15) is 33.6 Å². The summed E-state index contributed by atoms with van der Waals surface area (Å²) in [6.07, 6.45) is 1.59. The van der Waals surface area contributed by atoms with E-state index in [2.05, 4.69) is 20.8 Å². The summed E-state index contributed by atoms with van der Waals surface area (Å²) < 4.78 is 4.98. The second-order valence-corrected chi connectivity index (χ2v) is 4.28. The van der Waals surface area contributed by atoms with Crippen molar-refractivity contribution in [3.05, 3.63) is 0 Å². The number of cyclic esters (lactones) is 1. The molecule has 11 heavy (non-hydrogen) atoms. The van der Waals surface area contributed by atoms with E-state index in [1.165, 1.54) is 0 Å². The highest BCUT2D eigenvalue weighted by Crippen LogP contribution is 2.32. The van der Waals surface area contributed by atoms with Crippen LogP contribution in [-0.4, -0.2) is 12.6 Å². The van der Waals surface area contributed by atoms with Gasteiger partial charge in [-0.2, -0.15) is 0 Å². The van der Waals surface area contributed by atoms with Crippen molar-refractivity contribution in [2.75, 3.05) is 6.61 Å². The van der Waals surface area contributed by atoms with Gasteiger partial charge in [-0.25, -0.2) is 0 Å². The fourth-order valence-corrected chi connectivity index (χ4v) is 1.32. The molecule has 0 aromatic carbocycles. The maximum atomic E-state index is 10.7. The van der Waals surface area contributed by atoms with Crippen LogP contribution in [0.3, 0.4) is 0 Å². The van der Waals surface area contributed by atoms with Gasteiger partial charge in [0, 0.05) is 6.42 Å². The van der Waals surface area contributed by atoms with Gasteiger partial charge in [0.2, 0.25) is 0 Å². The maximum Gasteiger partial charge on any atom is 0.305 e. The van der Waals surface area contributed by atoms with E-state index >= 15 is 0 Å². The molecule has 1 saturated heterocycles. The number of hydrogen-bond acceptors (Lipinski definition) is 2. The van der Waals surface area contributed by atoms with Gasteiger partial charge in [0.05, 0.1) is 6.61 Å². The number of carbonyl (C=O) groups is 1. The Morgan fingerprint density at radius 3 is 2.45 bits per heavy atom. The summed E-state index contributed by atoms with van der Waals surface area (Å²) in [7, 11) is 0. The minimum atomic E-state index is -0.0366. The molecule has 0 radical (unpaired) electrons. The molecule has 2 heteroatoms. The summed E-state index contributed by atoms with van der Waals surface area (Å²) in [6.45, 7) is 7.19. The Morgan fingerprint density at radius 2 is 2.09 bits per heavy atom. The predicted octanol–water partition coefficient (Wildman–Crippen LogP) is 1.99. The third-order valence-electron chi connectivity index (χ3n) is 2.37. The third-order valence-corrected chi connectivity index (χ3v) is 2.37. The van der Waals surface area contributed by atoms with Gasteiger partial charge in [-0.1, -0.05) is 20.8 Å². The van der Waals surface area contributed by atoms with Gasteiger partial charge in [-0.05, 0) is 17.8 Å². The monoisotopic (exact) mass is 156 g/mol. The number of hydrogen-bond donors (Lipinski definition) is 0. The molecule has 1 fully saturated rings. The lowest BCUT2D eigenvalue weighted by Crippen LogP contribution is -2.31. The molecule has 1 aliphatic rings. The highest BCUT2D eigenvalue weighted by molar-refractivity contribution is 5.69. The van der Waals surface area contributed by atoms with Gasteiger partial charge in [-0.3, -0.25) is 4.79 Å². The first-order valence-corrected chi connectivity index (χ1v) is 4.16. The Labute approximate surface area is 67.9 Å². The van der Waals surface area contributed by atoms with Crippen molar-refractivity contribution in [2.45, 2.75) is 33.6 Å². The van der Waals surface area contributed by atoms with Crippen molar-refractivity contribution in [3.8, 4) is 0 Å². The summed E-state index contributed by atoms with van der Waals surface area (Å²) in [4.78, 5) is 10.7. The van der Waals surface area contributed by atoms with Gasteiger partial charge >= 0.3 is 5.97 Å².